The second kappa shape index (κ2) is 5.87. The molecule has 1 aromatic carbocycles. The van der Waals surface area contributed by atoms with Gasteiger partial charge in [0.15, 0.2) is 0 Å². The Bertz CT molecular complexity index is 652. The quantitative estimate of drug-likeness (QED) is 0.805. The zero-order valence-corrected chi connectivity index (χ0v) is 12.9. The molecular weight excluding hydrogens is 321 g/mol. The molecule has 108 valence electrons. The molecule has 0 aliphatic rings. The van der Waals surface area contributed by atoms with Crippen molar-refractivity contribution in [1.82, 2.24) is 5.32 Å². The van der Waals surface area contributed by atoms with Crippen LogP contribution in [0, 0.1) is 0 Å². The summed E-state index contributed by atoms with van der Waals surface area (Å²) in [6, 6.07) is 5.20. The number of aliphatic hydroxyl groups is 2. The fraction of sp³-hybridized carbons (Fsp3) is 0.308. The lowest BCUT2D eigenvalue weighted by Crippen LogP contribution is -2.51. The third-order valence-electron chi connectivity index (χ3n) is 2.91. The minimum absolute atomic E-state index is 0.331. The second-order valence-electron chi connectivity index (χ2n) is 4.72. The van der Waals surface area contributed by atoms with Gasteiger partial charge in [-0.05, 0) is 19.1 Å². The first kappa shape index (κ1) is 15.5. The molecule has 0 bridgehead atoms. The summed E-state index contributed by atoms with van der Waals surface area (Å²) < 4.78 is 0.808. The number of hydrogen-bond acceptors (Lipinski definition) is 4. The number of aliphatic hydroxyl groups excluding tert-OH is 2. The summed E-state index contributed by atoms with van der Waals surface area (Å²) in [5.41, 5.74) is -1.09. The summed E-state index contributed by atoms with van der Waals surface area (Å²) in [7, 11) is 0. The van der Waals surface area contributed by atoms with Crippen molar-refractivity contribution in [3.05, 3.63) is 33.1 Å². The molecular formula is C13H13Cl2NO3S. The molecule has 0 aliphatic carbocycles. The normalized spacial score (nSPS) is 11.8. The largest absolute Gasteiger partial charge is 0.394 e. The molecule has 0 saturated carbocycles. The van der Waals surface area contributed by atoms with Gasteiger partial charge in [-0.2, -0.15) is 0 Å². The molecule has 4 nitrogen and oxygen atoms in total. The first-order chi connectivity index (χ1) is 9.40. The zero-order chi connectivity index (χ0) is 14.9. The van der Waals surface area contributed by atoms with Gasteiger partial charge in [0, 0.05) is 15.1 Å². The maximum atomic E-state index is 12.2. The Morgan fingerprint density at radius 3 is 2.60 bits per heavy atom. The average molecular weight is 334 g/mol. The van der Waals surface area contributed by atoms with Crippen molar-refractivity contribution in [3.8, 4) is 0 Å². The maximum absolute atomic E-state index is 12.2. The Morgan fingerprint density at radius 2 is 2.00 bits per heavy atom. The Hall–Kier alpha value is -0.850. The number of nitrogens with one attached hydrogen (secondary N) is 1. The third kappa shape index (κ3) is 2.92. The lowest BCUT2D eigenvalue weighted by atomic mass is 10.1. The van der Waals surface area contributed by atoms with Crippen molar-refractivity contribution in [2.24, 2.45) is 0 Å². The SMILES string of the molecule is CC(CO)(CO)NC(=O)c1sc2cc(Cl)ccc2c1Cl. The molecule has 1 heterocycles. The molecule has 3 N–H and O–H groups in total. The number of benzene rings is 1. The van der Waals surface area contributed by atoms with Gasteiger partial charge < -0.3 is 15.5 Å². The summed E-state index contributed by atoms with van der Waals surface area (Å²) in [6.07, 6.45) is 0. The van der Waals surface area contributed by atoms with Crippen LogP contribution in [-0.4, -0.2) is 34.9 Å². The molecule has 20 heavy (non-hydrogen) atoms. The third-order valence-corrected chi connectivity index (χ3v) is 4.80. The van der Waals surface area contributed by atoms with Gasteiger partial charge in [-0.15, -0.1) is 11.3 Å². The smallest absolute Gasteiger partial charge is 0.263 e. The van der Waals surface area contributed by atoms with Crippen LogP contribution in [-0.2, 0) is 0 Å². The van der Waals surface area contributed by atoms with E-state index in [0.717, 1.165) is 10.1 Å². The van der Waals surface area contributed by atoms with Crippen LogP contribution in [0.5, 0.6) is 0 Å². The van der Waals surface area contributed by atoms with Crippen LogP contribution in [0.4, 0.5) is 0 Å². The topological polar surface area (TPSA) is 69.6 Å². The van der Waals surface area contributed by atoms with Crippen LogP contribution in [0.1, 0.15) is 16.6 Å². The molecule has 7 heteroatoms. The molecule has 1 amide bonds. The molecule has 0 radical (unpaired) electrons. The van der Waals surface area contributed by atoms with E-state index < -0.39 is 11.4 Å². The number of rotatable bonds is 4. The minimum Gasteiger partial charge on any atom is -0.394 e. The predicted molar refractivity (Wildman–Crippen MR) is 81.9 cm³/mol. The lowest BCUT2D eigenvalue weighted by Gasteiger charge is -2.25. The van der Waals surface area contributed by atoms with Crippen molar-refractivity contribution in [2.45, 2.75) is 12.5 Å². The van der Waals surface area contributed by atoms with Gasteiger partial charge in [-0.25, -0.2) is 0 Å². The second-order valence-corrected chi connectivity index (χ2v) is 6.58. The highest BCUT2D eigenvalue weighted by Crippen LogP contribution is 2.36. The standard InChI is InChI=1S/C13H13Cl2NO3S/c1-13(5-17,6-18)16-12(19)11-10(15)8-3-2-7(14)4-9(8)20-11/h2-4,17-18H,5-6H2,1H3,(H,16,19). The fourth-order valence-corrected chi connectivity index (χ4v) is 3.33. The van der Waals surface area contributed by atoms with E-state index in [1.54, 1.807) is 25.1 Å². The summed E-state index contributed by atoms with van der Waals surface area (Å²) in [5, 5.41) is 22.7. The summed E-state index contributed by atoms with van der Waals surface area (Å²) in [6.45, 7) is 0.802. The van der Waals surface area contributed by atoms with Gasteiger partial charge in [0.05, 0.1) is 23.8 Å². The fourth-order valence-electron chi connectivity index (χ4n) is 1.64. The van der Waals surface area contributed by atoms with Crippen LogP contribution in [0.15, 0.2) is 18.2 Å². The predicted octanol–water partition coefficient (Wildman–Crippen LogP) is 2.68. The van der Waals surface area contributed by atoms with E-state index in [2.05, 4.69) is 5.32 Å². The number of fused-ring (bicyclic) bond motifs is 1. The highest BCUT2D eigenvalue weighted by atomic mass is 35.5. The van der Waals surface area contributed by atoms with Gasteiger partial charge in [0.2, 0.25) is 0 Å². The van der Waals surface area contributed by atoms with Gasteiger partial charge in [-0.1, -0.05) is 29.3 Å². The molecule has 2 rings (SSSR count). The summed E-state index contributed by atoms with van der Waals surface area (Å²) in [5.74, 6) is -0.432. The highest BCUT2D eigenvalue weighted by molar-refractivity contribution is 7.21. The van der Waals surface area contributed by atoms with Crippen LogP contribution < -0.4 is 5.32 Å². The average Bonchev–Trinajstić information content (AvgIpc) is 2.75. The molecule has 2 aromatic rings. The Kier molecular flexibility index (Phi) is 4.56. The van der Waals surface area contributed by atoms with Crippen LogP contribution in [0.25, 0.3) is 10.1 Å². The van der Waals surface area contributed by atoms with Crippen molar-refractivity contribution in [3.63, 3.8) is 0 Å². The van der Waals surface area contributed by atoms with Gasteiger partial charge in [-0.3, -0.25) is 4.79 Å². The minimum atomic E-state index is -1.09. The van der Waals surface area contributed by atoms with Crippen molar-refractivity contribution >= 4 is 50.5 Å². The molecule has 0 aliphatic heterocycles. The number of amides is 1. The van der Waals surface area contributed by atoms with E-state index in [4.69, 9.17) is 23.2 Å². The Labute approximate surface area is 129 Å². The van der Waals surface area contributed by atoms with Gasteiger partial charge >= 0.3 is 0 Å². The maximum Gasteiger partial charge on any atom is 0.263 e. The summed E-state index contributed by atoms with van der Waals surface area (Å²) >= 11 is 13.3. The first-order valence-electron chi connectivity index (χ1n) is 5.82. The number of hydrogen-bond donors (Lipinski definition) is 3. The van der Waals surface area contributed by atoms with E-state index in [0.29, 0.717) is 14.9 Å². The van der Waals surface area contributed by atoms with Crippen LogP contribution in [0.3, 0.4) is 0 Å². The molecule has 0 fully saturated rings. The highest BCUT2D eigenvalue weighted by Gasteiger charge is 2.27. The van der Waals surface area contributed by atoms with Gasteiger partial charge in [0.1, 0.15) is 4.88 Å². The Balaban J connectivity index is 2.38. The van der Waals surface area contributed by atoms with E-state index in [1.165, 1.54) is 11.3 Å². The zero-order valence-electron chi connectivity index (χ0n) is 10.6. The monoisotopic (exact) mass is 333 g/mol. The lowest BCUT2D eigenvalue weighted by molar-refractivity contribution is 0.0727. The molecule has 0 spiro atoms. The first-order valence-corrected chi connectivity index (χ1v) is 7.39. The Morgan fingerprint density at radius 1 is 1.35 bits per heavy atom. The number of carbonyl (C=O) groups is 1. The molecule has 1 aromatic heterocycles. The molecule has 0 unspecified atom stereocenters. The van der Waals surface area contributed by atoms with Crippen LogP contribution in [0.2, 0.25) is 10.0 Å². The number of carbonyl (C=O) groups excluding carboxylic acids is 1. The van der Waals surface area contributed by atoms with Crippen molar-refractivity contribution < 1.29 is 15.0 Å². The molecule has 0 saturated heterocycles. The molecule has 0 atom stereocenters. The van der Waals surface area contributed by atoms with Crippen molar-refractivity contribution in [2.75, 3.05) is 13.2 Å². The van der Waals surface area contributed by atoms with E-state index in [-0.39, 0.29) is 13.2 Å². The van der Waals surface area contributed by atoms with E-state index >= 15 is 0 Å². The van der Waals surface area contributed by atoms with Gasteiger partial charge in [0.25, 0.3) is 5.91 Å². The van der Waals surface area contributed by atoms with Crippen molar-refractivity contribution in [1.29, 1.82) is 0 Å². The van der Waals surface area contributed by atoms with E-state index in [9.17, 15) is 15.0 Å². The number of halogens is 2. The van der Waals surface area contributed by atoms with Crippen LogP contribution >= 0.6 is 34.5 Å². The summed E-state index contributed by atoms with van der Waals surface area (Å²) in [4.78, 5) is 12.5. The number of thiophene rings is 1. The van der Waals surface area contributed by atoms with E-state index in [1.807, 2.05) is 0 Å².